The Labute approximate surface area is 137 Å². The van der Waals surface area contributed by atoms with Crippen LogP contribution in [0.1, 0.15) is 42.4 Å². The highest BCUT2D eigenvalue weighted by molar-refractivity contribution is 5.41. The first-order valence-corrected chi connectivity index (χ1v) is 8.60. The van der Waals surface area contributed by atoms with Gasteiger partial charge < -0.3 is 9.64 Å². The van der Waals surface area contributed by atoms with Crippen molar-refractivity contribution >= 4 is 5.82 Å². The van der Waals surface area contributed by atoms with E-state index in [2.05, 4.69) is 51.3 Å². The predicted octanol–water partition coefficient (Wildman–Crippen LogP) is 3.36. The second-order valence-corrected chi connectivity index (χ2v) is 6.53. The van der Waals surface area contributed by atoms with Crippen molar-refractivity contribution in [3.63, 3.8) is 0 Å². The number of piperidine rings is 1. The van der Waals surface area contributed by atoms with Crippen molar-refractivity contribution < 1.29 is 4.74 Å². The lowest BCUT2D eigenvalue weighted by Crippen LogP contribution is -2.33. The minimum absolute atomic E-state index is 0.443. The van der Waals surface area contributed by atoms with E-state index in [1.54, 1.807) is 6.33 Å². The van der Waals surface area contributed by atoms with Crippen molar-refractivity contribution in [1.29, 1.82) is 0 Å². The molecule has 4 heteroatoms. The van der Waals surface area contributed by atoms with Gasteiger partial charge in [0.15, 0.2) is 0 Å². The first kappa shape index (κ1) is 14.6. The minimum Gasteiger partial charge on any atom is -0.381 e. The first-order valence-electron chi connectivity index (χ1n) is 8.60. The Morgan fingerprint density at radius 1 is 0.957 bits per heavy atom. The van der Waals surface area contributed by atoms with Crippen LogP contribution in [-0.4, -0.2) is 36.3 Å². The van der Waals surface area contributed by atoms with E-state index in [1.807, 2.05) is 0 Å². The first-order chi connectivity index (χ1) is 11.4. The average Bonchev–Trinajstić information content (AvgIpc) is 3.18. The summed E-state index contributed by atoms with van der Waals surface area (Å²) in [6.07, 6.45) is 5.17. The number of ether oxygens (including phenoxy) is 1. The van der Waals surface area contributed by atoms with Crippen LogP contribution in [0.4, 0.5) is 5.82 Å². The van der Waals surface area contributed by atoms with Crippen molar-refractivity contribution in [1.82, 2.24) is 9.97 Å². The molecule has 4 nitrogen and oxygen atoms in total. The lowest BCUT2D eigenvalue weighted by Gasteiger charge is -2.33. The maximum atomic E-state index is 5.49. The summed E-state index contributed by atoms with van der Waals surface area (Å²) in [6.45, 7) is 3.79. The molecule has 2 aliphatic rings. The van der Waals surface area contributed by atoms with Crippen LogP contribution in [0.5, 0.6) is 0 Å². The Bertz CT molecular complexity index is 632. The van der Waals surface area contributed by atoms with E-state index in [4.69, 9.17) is 4.74 Å². The third kappa shape index (κ3) is 3.22. The van der Waals surface area contributed by atoms with Gasteiger partial charge in [-0.05, 0) is 30.7 Å². The number of hydrogen-bond acceptors (Lipinski definition) is 4. The van der Waals surface area contributed by atoms with Crippen molar-refractivity contribution in [3.8, 4) is 0 Å². The molecule has 0 amide bonds. The molecule has 4 rings (SSSR count). The van der Waals surface area contributed by atoms with Crippen LogP contribution in [0.3, 0.4) is 0 Å². The van der Waals surface area contributed by atoms with Gasteiger partial charge >= 0.3 is 0 Å². The lowest BCUT2D eigenvalue weighted by molar-refractivity contribution is 0.193. The molecule has 1 aromatic carbocycles. The van der Waals surface area contributed by atoms with Gasteiger partial charge in [-0.3, -0.25) is 0 Å². The van der Waals surface area contributed by atoms with E-state index < -0.39 is 0 Å². The fraction of sp³-hybridized carbons (Fsp3) is 0.474. The maximum absolute atomic E-state index is 5.49. The maximum Gasteiger partial charge on any atom is 0.132 e. The average molecular weight is 309 g/mol. The molecular formula is C19H23N3O. The van der Waals surface area contributed by atoms with E-state index >= 15 is 0 Å². The molecule has 0 spiro atoms. The Balaban J connectivity index is 1.43. The zero-order chi connectivity index (χ0) is 15.5. The molecule has 0 saturated carbocycles. The molecule has 2 fully saturated rings. The van der Waals surface area contributed by atoms with Crippen LogP contribution in [0, 0.1) is 0 Å². The normalized spacial score (nSPS) is 22.4. The second kappa shape index (κ2) is 6.67. The van der Waals surface area contributed by atoms with Gasteiger partial charge in [0, 0.05) is 31.7 Å². The molecule has 1 atom stereocenters. The van der Waals surface area contributed by atoms with Crippen LogP contribution in [0.2, 0.25) is 0 Å². The van der Waals surface area contributed by atoms with Crippen LogP contribution in [0.15, 0.2) is 42.7 Å². The third-order valence-electron chi connectivity index (χ3n) is 5.11. The number of nitrogens with zero attached hydrogens (tertiary/aromatic N) is 3. The molecule has 3 heterocycles. The highest BCUT2D eigenvalue weighted by Crippen LogP contribution is 2.31. The number of benzene rings is 1. The molecule has 0 unspecified atom stereocenters. The quantitative estimate of drug-likeness (QED) is 0.871. The second-order valence-electron chi connectivity index (χ2n) is 6.53. The molecule has 0 aliphatic carbocycles. The van der Waals surface area contributed by atoms with Crippen LogP contribution in [-0.2, 0) is 4.74 Å². The van der Waals surface area contributed by atoms with E-state index in [0.29, 0.717) is 11.8 Å². The summed E-state index contributed by atoms with van der Waals surface area (Å²) in [7, 11) is 0. The summed E-state index contributed by atoms with van der Waals surface area (Å²) in [4.78, 5) is 11.4. The highest BCUT2D eigenvalue weighted by atomic mass is 16.5. The van der Waals surface area contributed by atoms with Crippen LogP contribution >= 0.6 is 0 Å². The summed E-state index contributed by atoms with van der Waals surface area (Å²) in [6, 6.07) is 13.0. The third-order valence-corrected chi connectivity index (χ3v) is 5.11. The van der Waals surface area contributed by atoms with Gasteiger partial charge in [-0.2, -0.15) is 0 Å². The topological polar surface area (TPSA) is 38.2 Å². The van der Waals surface area contributed by atoms with Gasteiger partial charge in [0.2, 0.25) is 0 Å². The molecule has 0 bridgehead atoms. The van der Waals surface area contributed by atoms with E-state index in [1.165, 1.54) is 18.4 Å². The fourth-order valence-electron chi connectivity index (χ4n) is 3.69. The zero-order valence-corrected chi connectivity index (χ0v) is 13.4. The van der Waals surface area contributed by atoms with Gasteiger partial charge in [-0.15, -0.1) is 0 Å². The molecule has 23 heavy (non-hydrogen) atoms. The summed E-state index contributed by atoms with van der Waals surface area (Å²) in [5, 5.41) is 0. The SMILES string of the molecule is c1ccc(C2CCN(c3cc([C@H]4CCOC4)ncn3)CC2)cc1. The van der Waals surface area contributed by atoms with Gasteiger partial charge in [0.1, 0.15) is 12.1 Å². The predicted molar refractivity (Wildman–Crippen MR) is 90.8 cm³/mol. The molecule has 0 N–H and O–H groups in total. The molecule has 2 saturated heterocycles. The Morgan fingerprint density at radius 3 is 2.52 bits per heavy atom. The monoisotopic (exact) mass is 309 g/mol. The van der Waals surface area contributed by atoms with Crippen molar-refractivity contribution in [2.24, 2.45) is 0 Å². The standard InChI is InChI=1S/C19H23N3O/c1-2-4-15(5-3-1)16-6-9-22(10-7-16)19-12-18(20-14-21-19)17-8-11-23-13-17/h1-5,12,14,16-17H,6-11,13H2/t17-/m0/s1. The van der Waals surface area contributed by atoms with Gasteiger partial charge in [0.05, 0.1) is 12.3 Å². The summed E-state index contributed by atoms with van der Waals surface area (Å²) >= 11 is 0. The minimum atomic E-state index is 0.443. The number of hydrogen-bond donors (Lipinski definition) is 0. The van der Waals surface area contributed by atoms with Crippen molar-refractivity contribution in [3.05, 3.63) is 54.0 Å². The molecule has 1 aromatic heterocycles. The summed E-state index contributed by atoms with van der Waals surface area (Å²) < 4.78 is 5.49. The number of anilines is 1. The lowest BCUT2D eigenvalue weighted by atomic mass is 9.89. The molecule has 120 valence electrons. The largest absolute Gasteiger partial charge is 0.381 e. The molecular weight excluding hydrogens is 286 g/mol. The zero-order valence-electron chi connectivity index (χ0n) is 13.4. The Morgan fingerprint density at radius 2 is 1.78 bits per heavy atom. The van der Waals surface area contributed by atoms with Crippen LogP contribution in [0.25, 0.3) is 0 Å². The van der Waals surface area contributed by atoms with Gasteiger partial charge in [0.25, 0.3) is 0 Å². The molecule has 0 radical (unpaired) electrons. The summed E-state index contributed by atoms with van der Waals surface area (Å²) in [5.74, 6) is 2.20. The van der Waals surface area contributed by atoms with E-state index in [-0.39, 0.29) is 0 Å². The Kier molecular flexibility index (Phi) is 4.24. The molecule has 2 aromatic rings. The summed E-state index contributed by atoms with van der Waals surface area (Å²) in [5.41, 5.74) is 2.61. The van der Waals surface area contributed by atoms with E-state index in [0.717, 1.165) is 44.2 Å². The molecule has 2 aliphatic heterocycles. The van der Waals surface area contributed by atoms with Crippen molar-refractivity contribution in [2.45, 2.75) is 31.1 Å². The number of aromatic nitrogens is 2. The van der Waals surface area contributed by atoms with Crippen molar-refractivity contribution in [2.75, 3.05) is 31.2 Å². The van der Waals surface area contributed by atoms with Crippen LogP contribution < -0.4 is 4.90 Å². The van der Waals surface area contributed by atoms with E-state index in [9.17, 15) is 0 Å². The van der Waals surface area contributed by atoms with Gasteiger partial charge in [-0.25, -0.2) is 9.97 Å². The smallest absolute Gasteiger partial charge is 0.132 e. The van der Waals surface area contributed by atoms with Gasteiger partial charge in [-0.1, -0.05) is 30.3 Å². The number of rotatable bonds is 3. The highest BCUT2D eigenvalue weighted by Gasteiger charge is 2.23. The fourth-order valence-corrected chi connectivity index (χ4v) is 3.69. The Hall–Kier alpha value is -1.94.